The molecule has 0 aliphatic heterocycles. The quantitative estimate of drug-likeness (QED) is 0.251. The van der Waals surface area contributed by atoms with E-state index >= 15 is 0 Å². The molecule has 0 bridgehead atoms. The van der Waals surface area contributed by atoms with Crippen molar-refractivity contribution in [3.8, 4) is 0 Å². The summed E-state index contributed by atoms with van der Waals surface area (Å²) in [5, 5.41) is 4.58. The number of nitrogens with zero attached hydrogens (tertiary/aromatic N) is 1. The number of nitrogens with one attached hydrogen (secondary N) is 1. The first-order chi connectivity index (χ1) is 17.5. The van der Waals surface area contributed by atoms with Gasteiger partial charge in [0.05, 0.1) is 10.0 Å². The summed E-state index contributed by atoms with van der Waals surface area (Å²) in [6, 6.07) is 21.8. The van der Waals surface area contributed by atoms with E-state index < -0.39 is 11.6 Å². The average Bonchev–Trinajstić information content (AvgIpc) is 2.84. The smallest absolute Gasteiger partial charge is 0.243 e. The molecule has 0 radical (unpaired) electrons. The maximum absolute atomic E-state index is 13.7. The van der Waals surface area contributed by atoms with E-state index in [1.807, 2.05) is 81.4 Å². The Morgan fingerprint density at radius 2 is 1.57 bits per heavy atom. The number of amides is 2. The predicted octanol–water partition coefficient (Wildman–Crippen LogP) is 7.68. The van der Waals surface area contributed by atoms with Crippen molar-refractivity contribution in [3.63, 3.8) is 0 Å². The SMILES string of the molecule is CC(C)(C)NC(=O)C(Cc1ccccc1)N(Cc1ccc(Cl)c(Cl)c1)C(=O)CCSc1ccc(Cl)cc1. The molecule has 0 saturated heterocycles. The molecule has 0 aliphatic carbocycles. The molecule has 37 heavy (non-hydrogen) atoms. The van der Waals surface area contributed by atoms with Gasteiger partial charge in [-0.15, -0.1) is 11.8 Å². The van der Waals surface area contributed by atoms with E-state index in [9.17, 15) is 9.59 Å². The van der Waals surface area contributed by atoms with Gasteiger partial charge in [-0.3, -0.25) is 9.59 Å². The van der Waals surface area contributed by atoms with Crippen LogP contribution in [0.25, 0.3) is 0 Å². The summed E-state index contributed by atoms with van der Waals surface area (Å²) in [7, 11) is 0. The van der Waals surface area contributed by atoms with Gasteiger partial charge in [-0.1, -0.05) is 71.2 Å². The lowest BCUT2D eigenvalue weighted by Crippen LogP contribution is -2.54. The summed E-state index contributed by atoms with van der Waals surface area (Å²) in [5.74, 6) is 0.254. The highest BCUT2D eigenvalue weighted by atomic mass is 35.5. The fourth-order valence-corrected chi connectivity index (χ4v) is 5.06. The molecule has 8 heteroatoms. The number of benzene rings is 3. The Labute approximate surface area is 238 Å². The lowest BCUT2D eigenvalue weighted by molar-refractivity contribution is -0.141. The second-order valence-electron chi connectivity index (χ2n) is 9.77. The summed E-state index contributed by atoms with van der Waals surface area (Å²) < 4.78 is 0. The Balaban J connectivity index is 1.88. The molecule has 0 spiro atoms. The van der Waals surface area contributed by atoms with Crippen LogP contribution in [-0.2, 0) is 22.6 Å². The van der Waals surface area contributed by atoms with Gasteiger partial charge in [-0.2, -0.15) is 0 Å². The Kier molecular flexibility index (Phi) is 10.8. The Bertz CT molecular complexity index is 1200. The highest BCUT2D eigenvalue weighted by molar-refractivity contribution is 7.99. The van der Waals surface area contributed by atoms with E-state index in [1.54, 1.807) is 28.8 Å². The molecule has 2 amide bonds. The van der Waals surface area contributed by atoms with Crippen molar-refractivity contribution >= 4 is 58.4 Å². The summed E-state index contributed by atoms with van der Waals surface area (Å²) in [6.45, 7) is 6.02. The van der Waals surface area contributed by atoms with Crippen LogP contribution in [0.4, 0.5) is 0 Å². The van der Waals surface area contributed by atoms with Gasteiger partial charge in [0.15, 0.2) is 0 Å². The van der Waals surface area contributed by atoms with Crippen LogP contribution in [0, 0.1) is 0 Å². The molecule has 1 unspecified atom stereocenters. The van der Waals surface area contributed by atoms with Crippen LogP contribution in [0.3, 0.4) is 0 Å². The minimum absolute atomic E-state index is 0.113. The summed E-state index contributed by atoms with van der Waals surface area (Å²) in [4.78, 5) is 30.0. The first kappa shape index (κ1) is 29.4. The van der Waals surface area contributed by atoms with E-state index in [0.717, 1.165) is 16.0 Å². The largest absolute Gasteiger partial charge is 0.350 e. The molecule has 196 valence electrons. The Morgan fingerprint density at radius 1 is 0.892 bits per heavy atom. The van der Waals surface area contributed by atoms with Gasteiger partial charge in [0.25, 0.3) is 0 Å². The van der Waals surface area contributed by atoms with Crippen molar-refractivity contribution in [2.75, 3.05) is 5.75 Å². The topological polar surface area (TPSA) is 49.4 Å². The molecule has 3 rings (SSSR count). The zero-order valence-corrected chi connectivity index (χ0v) is 24.2. The monoisotopic (exact) mass is 576 g/mol. The highest BCUT2D eigenvalue weighted by Crippen LogP contribution is 2.26. The summed E-state index contributed by atoms with van der Waals surface area (Å²) >= 11 is 20.0. The molecular formula is C29H31Cl3N2O2S. The van der Waals surface area contributed by atoms with Gasteiger partial charge in [0.1, 0.15) is 6.04 Å². The second-order valence-corrected chi connectivity index (χ2v) is 12.2. The standard InChI is InChI=1S/C29H31Cl3N2O2S/c1-29(2,3)33-28(36)26(18-20-7-5-4-6-8-20)34(19-21-9-14-24(31)25(32)17-21)27(35)15-16-37-23-12-10-22(30)11-13-23/h4-14,17,26H,15-16,18-19H2,1-3H3,(H,33,36). The van der Waals surface area contributed by atoms with Gasteiger partial charge < -0.3 is 10.2 Å². The first-order valence-corrected chi connectivity index (χ1v) is 14.1. The van der Waals surface area contributed by atoms with Gasteiger partial charge >= 0.3 is 0 Å². The number of carbonyl (C=O) groups excluding carboxylic acids is 2. The fraction of sp³-hybridized carbons (Fsp3) is 0.310. The third kappa shape index (κ3) is 9.57. The average molecular weight is 578 g/mol. The van der Waals surface area contributed by atoms with Crippen molar-refractivity contribution in [1.29, 1.82) is 0 Å². The maximum atomic E-state index is 13.7. The van der Waals surface area contributed by atoms with Crippen molar-refractivity contribution in [2.45, 2.75) is 56.6 Å². The summed E-state index contributed by atoms with van der Waals surface area (Å²) in [5.41, 5.74) is 1.32. The van der Waals surface area contributed by atoms with Crippen molar-refractivity contribution < 1.29 is 9.59 Å². The molecule has 3 aromatic carbocycles. The van der Waals surface area contributed by atoms with Crippen molar-refractivity contribution in [3.05, 3.63) is 99.0 Å². The zero-order valence-electron chi connectivity index (χ0n) is 21.1. The fourth-order valence-electron chi connectivity index (χ4n) is 3.77. The number of thioether (sulfide) groups is 1. The third-order valence-electron chi connectivity index (χ3n) is 5.50. The molecule has 0 heterocycles. The van der Waals surface area contributed by atoms with E-state index in [2.05, 4.69) is 5.32 Å². The van der Waals surface area contributed by atoms with E-state index in [-0.39, 0.29) is 24.8 Å². The number of carbonyl (C=O) groups is 2. The Hall–Kier alpha value is -2.18. The van der Waals surface area contributed by atoms with Crippen LogP contribution in [-0.4, -0.2) is 34.0 Å². The molecule has 4 nitrogen and oxygen atoms in total. The van der Waals surface area contributed by atoms with E-state index in [1.165, 1.54) is 0 Å². The minimum atomic E-state index is -0.705. The van der Waals surface area contributed by atoms with Crippen LogP contribution in [0.15, 0.2) is 77.7 Å². The minimum Gasteiger partial charge on any atom is -0.350 e. The van der Waals surface area contributed by atoms with Crippen molar-refractivity contribution in [2.24, 2.45) is 0 Å². The number of hydrogen-bond donors (Lipinski definition) is 1. The lowest BCUT2D eigenvalue weighted by atomic mass is 10.0. The van der Waals surface area contributed by atoms with Gasteiger partial charge in [0, 0.05) is 40.6 Å². The highest BCUT2D eigenvalue weighted by Gasteiger charge is 2.32. The van der Waals surface area contributed by atoms with E-state index in [4.69, 9.17) is 34.8 Å². The van der Waals surface area contributed by atoms with Crippen LogP contribution in [0.5, 0.6) is 0 Å². The predicted molar refractivity (Wildman–Crippen MR) is 156 cm³/mol. The molecule has 1 N–H and O–H groups in total. The van der Waals surface area contributed by atoms with Crippen LogP contribution in [0.1, 0.15) is 38.3 Å². The van der Waals surface area contributed by atoms with Crippen LogP contribution >= 0.6 is 46.6 Å². The maximum Gasteiger partial charge on any atom is 0.243 e. The molecule has 0 aromatic heterocycles. The molecule has 1 atom stereocenters. The van der Waals surface area contributed by atoms with Crippen molar-refractivity contribution in [1.82, 2.24) is 10.2 Å². The number of halogens is 3. The molecule has 0 aliphatic rings. The molecule has 0 fully saturated rings. The van der Waals surface area contributed by atoms with Crippen LogP contribution in [0.2, 0.25) is 15.1 Å². The number of hydrogen-bond acceptors (Lipinski definition) is 3. The molecule has 3 aromatic rings. The summed E-state index contributed by atoms with van der Waals surface area (Å²) in [6.07, 6.45) is 0.656. The normalized spacial score (nSPS) is 12.2. The van der Waals surface area contributed by atoms with Crippen LogP contribution < -0.4 is 5.32 Å². The third-order valence-corrected chi connectivity index (χ3v) is 7.51. The van der Waals surface area contributed by atoms with Gasteiger partial charge in [-0.05, 0) is 68.3 Å². The number of rotatable bonds is 10. The lowest BCUT2D eigenvalue weighted by Gasteiger charge is -2.34. The Morgan fingerprint density at radius 3 is 2.19 bits per heavy atom. The van der Waals surface area contributed by atoms with Gasteiger partial charge in [-0.25, -0.2) is 0 Å². The molecule has 0 saturated carbocycles. The van der Waals surface area contributed by atoms with Gasteiger partial charge in [0.2, 0.25) is 11.8 Å². The molecular weight excluding hydrogens is 547 g/mol. The first-order valence-electron chi connectivity index (χ1n) is 12.0. The van der Waals surface area contributed by atoms with E-state index in [0.29, 0.717) is 27.2 Å². The zero-order chi connectivity index (χ0) is 27.0. The second kappa shape index (κ2) is 13.6.